The number of aliphatic hydroxyl groups excluding tert-OH is 1. The van der Waals surface area contributed by atoms with Crippen molar-refractivity contribution in [1.82, 2.24) is 5.32 Å². The molecule has 0 aliphatic carbocycles. The fourth-order valence-electron chi connectivity index (χ4n) is 2.61. The maximum atomic E-state index is 11.3. The topological polar surface area (TPSA) is 156 Å². The summed E-state index contributed by atoms with van der Waals surface area (Å²) < 4.78 is 11.0. The normalized spacial score (nSPS) is 12.8. The molecule has 1 atom stereocenters. The molecule has 0 radical (unpaired) electrons. The Hall–Kier alpha value is -3.21. The van der Waals surface area contributed by atoms with Crippen molar-refractivity contribution in [2.75, 3.05) is 26.3 Å². The quantitative estimate of drug-likeness (QED) is 0.372. The number of benzene rings is 2. The van der Waals surface area contributed by atoms with E-state index in [0.29, 0.717) is 28.8 Å². The number of hydrogen-bond acceptors (Lipinski definition) is 7. The van der Waals surface area contributed by atoms with E-state index in [1.54, 1.807) is 18.2 Å². The molecular weight excluding hydrogens is 416 g/mol. The van der Waals surface area contributed by atoms with E-state index in [9.17, 15) is 19.8 Å². The molecule has 10 nitrogen and oxygen atoms in total. The lowest BCUT2D eigenvalue weighted by Gasteiger charge is -2.14. The summed E-state index contributed by atoms with van der Waals surface area (Å²) in [7, 11) is 0. The molecule has 0 saturated carbocycles. The number of fused-ring (bicyclic) bond motifs is 1. The number of aliphatic hydroxyl groups is 1. The standard InChI is InChI=1S/C19H20N4O6.ClH/c20-18(26)13-8-12(4-5-15(13)25)28-7-6-21-9-11(24)10-29-16-3-1-2-14-17(16)23-19(27)22-14;/h1-5,8,11,21,24-25H,6-7,9-10H2,(H2,20,26);1H. The van der Waals surface area contributed by atoms with Gasteiger partial charge in [0, 0.05) is 13.1 Å². The maximum absolute atomic E-state index is 11.3. The molecule has 3 rings (SSSR count). The summed E-state index contributed by atoms with van der Waals surface area (Å²) in [5, 5.41) is 23.4. The van der Waals surface area contributed by atoms with Crippen molar-refractivity contribution in [3.63, 3.8) is 0 Å². The van der Waals surface area contributed by atoms with Crippen LogP contribution < -0.4 is 31.2 Å². The number of carbonyl (C=O) groups is 2. The molecule has 11 heteroatoms. The highest BCUT2D eigenvalue weighted by molar-refractivity contribution is 5.95. The number of primary amides is 1. The molecule has 3 amide bonds. The molecule has 0 fully saturated rings. The first-order valence-electron chi connectivity index (χ1n) is 8.81. The number of urea groups is 1. The summed E-state index contributed by atoms with van der Waals surface area (Å²) in [6, 6.07) is 8.65. The molecular formula is C19H21ClN4O6. The van der Waals surface area contributed by atoms with Crippen LogP contribution >= 0.6 is 12.4 Å². The van der Waals surface area contributed by atoms with Crippen molar-refractivity contribution in [2.45, 2.75) is 6.10 Å². The van der Waals surface area contributed by atoms with Crippen molar-refractivity contribution in [1.29, 1.82) is 0 Å². The zero-order valence-electron chi connectivity index (χ0n) is 15.8. The highest BCUT2D eigenvalue weighted by Crippen LogP contribution is 2.22. The molecule has 160 valence electrons. The average molecular weight is 437 g/mol. The summed E-state index contributed by atoms with van der Waals surface area (Å²) in [5.74, 6) is -0.175. The number of nitrogens with two attached hydrogens (primary N) is 1. The van der Waals surface area contributed by atoms with E-state index >= 15 is 0 Å². The molecule has 1 heterocycles. The summed E-state index contributed by atoms with van der Waals surface area (Å²) >= 11 is 0. The lowest BCUT2D eigenvalue weighted by molar-refractivity contribution is 0.0996. The van der Waals surface area contributed by atoms with Crippen molar-refractivity contribution in [2.24, 2.45) is 15.7 Å². The minimum Gasteiger partial charge on any atom is -0.507 e. The van der Waals surface area contributed by atoms with Gasteiger partial charge in [0.15, 0.2) is 0 Å². The predicted molar refractivity (Wildman–Crippen MR) is 108 cm³/mol. The Morgan fingerprint density at radius 2 is 2.00 bits per heavy atom. The van der Waals surface area contributed by atoms with Crippen LogP contribution in [-0.4, -0.2) is 54.6 Å². The zero-order valence-corrected chi connectivity index (χ0v) is 16.6. The van der Waals surface area contributed by atoms with Gasteiger partial charge in [-0.1, -0.05) is 6.07 Å². The summed E-state index contributed by atoms with van der Waals surface area (Å²) in [6.45, 7) is 0.952. The summed E-state index contributed by atoms with van der Waals surface area (Å²) in [5.41, 5.74) is 5.15. The van der Waals surface area contributed by atoms with Gasteiger partial charge in [0.1, 0.15) is 41.9 Å². The van der Waals surface area contributed by atoms with Gasteiger partial charge in [0.05, 0.1) is 10.9 Å². The average Bonchev–Trinajstić information content (AvgIpc) is 3.07. The number of aromatic hydroxyl groups is 1. The van der Waals surface area contributed by atoms with Crippen LogP contribution in [-0.2, 0) is 0 Å². The molecule has 0 saturated heterocycles. The van der Waals surface area contributed by atoms with Crippen LogP contribution in [0.4, 0.5) is 4.79 Å². The zero-order chi connectivity index (χ0) is 20.8. The van der Waals surface area contributed by atoms with Crippen molar-refractivity contribution < 1.29 is 29.3 Å². The van der Waals surface area contributed by atoms with Crippen molar-refractivity contribution >= 4 is 24.3 Å². The van der Waals surface area contributed by atoms with E-state index in [1.807, 2.05) is 0 Å². The number of carbonyl (C=O) groups excluding carboxylic acids is 2. The minimum absolute atomic E-state index is 0. The van der Waals surface area contributed by atoms with Crippen LogP contribution in [0.2, 0.25) is 0 Å². The van der Waals surface area contributed by atoms with Gasteiger partial charge in [-0.2, -0.15) is 9.98 Å². The van der Waals surface area contributed by atoms with E-state index < -0.39 is 18.0 Å². The number of nitrogens with one attached hydrogen (secondary N) is 1. The predicted octanol–water partition coefficient (Wildman–Crippen LogP) is -0.306. The monoisotopic (exact) mass is 436 g/mol. The van der Waals surface area contributed by atoms with Crippen molar-refractivity contribution in [3.8, 4) is 17.2 Å². The highest BCUT2D eigenvalue weighted by Gasteiger charge is 2.12. The van der Waals surface area contributed by atoms with Crippen LogP contribution in [0.25, 0.3) is 0 Å². The van der Waals surface area contributed by atoms with Gasteiger partial charge in [-0.25, -0.2) is 4.79 Å². The number of para-hydroxylation sites is 1. The van der Waals surface area contributed by atoms with Crippen LogP contribution in [0.5, 0.6) is 17.2 Å². The van der Waals surface area contributed by atoms with E-state index in [1.165, 1.54) is 18.2 Å². The second-order valence-electron chi connectivity index (χ2n) is 6.19. The first-order chi connectivity index (χ1) is 13.9. The molecule has 0 aromatic heterocycles. The Morgan fingerprint density at radius 1 is 1.20 bits per heavy atom. The van der Waals surface area contributed by atoms with E-state index in [4.69, 9.17) is 15.2 Å². The lowest BCUT2D eigenvalue weighted by Crippen LogP contribution is -2.34. The first-order valence-corrected chi connectivity index (χ1v) is 8.81. The first kappa shape index (κ1) is 23.1. The summed E-state index contributed by atoms with van der Waals surface area (Å²) in [6.07, 6.45) is -0.796. The molecule has 5 N–H and O–H groups in total. The molecule has 0 spiro atoms. The smallest absolute Gasteiger partial charge is 0.368 e. The van der Waals surface area contributed by atoms with E-state index in [2.05, 4.69) is 15.3 Å². The van der Waals surface area contributed by atoms with Crippen LogP contribution in [0.1, 0.15) is 10.4 Å². The van der Waals surface area contributed by atoms with E-state index in [0.717, 1.165) is 0 Å². The fraction of sp³-hybridized carbons (Fsp3) is 0.263. The second kappa shape index (κ2) is 10.5. The SMILES string of the molecule is Cl.NC(=O)c1cc(OCCNCC(O)COc2cccc3c2=NC(=O)N=3)ccc1O. The van der Waals surface area contributed by atoms with Gasteiger partial charge in [0.2, 0.25) is 0 Å². The third kappa shape index (κ3) is 5.89. The molecule has 1 unspecified atom stereocenters. The van der Waals surface area contributed by atoms with Crippen molar-refractivity contribution in [3.05, 3.63) is 52.7 Å². The van der Waals surface area contributed by atoms with Crippen LogP contribution in [0.15, 0.2) is 46.4 Å². The molecule has 2 aromatic carbocycles. The third-order valence-electron chi connectivity index (χ3n) is 3.99. The molecule has 30 heavy (non-hydrogen) atoms. The van der Waals surface area contributed by atoms with E-state index in [-0.39, 0.29) is 43.5 Å². The number of rotatable bonds is 10. The number of hydrogen-bond donors (Lipinski definition) is 4. The number of amides is 3. The van der Waals surface area contributed by atoms with Gasteiger partial charge < -0.3 is 30.7 Å². The highest BCUT2D eigenvalue weighted by atomic mass is 35.5. The molecule has 0 bridgehead atoms. The largest absolute Gasteiger partial charge is 0.507 e. The Kier molecular flexibility index (Phi) is 8.10. The molecule has 1 aliphatic rings. The fourth-order valence-corrected chi connectivity index (χ4v) is 2.61. The second-order valence-corrected chi connectivity index (χ2v) is 6.19. The molecule has 2 aromatic rings. The van der Waals surface area contributed by atoms with Crippen LogP contribution in [0, 0.1) is 0 Å². The lowest BCUT2D eigenvalue weighted by atomic mass is 10.2. The Balaban J connectivity index is 0.00000320. The Morgan fingerprint density at radius 3 is 2.77 bits per heavy atom. The maximum Gasteiger partial charge on any atom is 0.368 e. The summed E-state index contributed by atoms with van der Waals surface area (Å²) in [4.78, 5) is 30.0. The van der Waals surface area contributed by atoms with Gasteiger partial charge in [-0.3, -0.25) is 4.79 Å². The number of phenols is 1. The van der Waals surface area contributed by atoms with Gasteiger partial charge in [0.25, 0.3) is 5.91 Å². The number of halogens is 1. The number of nitrogens with zero attached hydrogens (tertiary/aromatic N) is 2. The third-order valence-corrected chi connectivity index (χ3v) is 3.99. The van der Waals surface area contributed by atoms with Gasteiger partial charge in [-0.15, -0.1) is 12.4 Å². The molecule has 1 aliphatic heterocycles. The van der Waals surface area contributed by atoms with Gasteiger partial charge in [-0.05, 0) is 30.3 Å². The number of ether oxygens (including phenoxy) is 2. The Bertz CT molecular complexity index is 1050. The van der Waals surface area contributed by atoms with Crippen LogP contribution in [0.3, 0.4) is 0 Å². The minimum atomic E-state index is -0.796. The Labute approximate surface area is 177 Å². The van der Waals surface area contributed by atoms with Gasteiger partial charge >= 0.3 is 6.03 Å².